The Morgan fingerprint density at radius 3 is 2.87 bits per heavy atom. The molecule has 15 heavy (non-hydrogen) atoms. The molecule has 0 radical (unpaired) electrons. The van der Waals surface area contributed by atoms with Crippen LogP contribution >= 0.6 is 11.8 Å². The minimum Gasteiger partial charge on any atom is -0.468 e. The normalized spacial score (nSPS) is 10.3. The van der Waals surface area contributed by atoms with E-state index in [-0.39, 0.29) is 11.7 Å². The fourth-order valence-corrected chi connectivity index (χ4v) is 1.93. The average molecular weight is 230 g/mol. The third kappa shape index (κ3) is 2.93. The minimum atomic E-state index is -0.278. The number of nitrogens with two attached hydrogens (primary N) is 1. The second-order valence-corrected chi connectivity index (χ2v) is 3.65. The van der Waals surface area contributed by atoms with Gasteiger partial charge >= 0.3 is 5.97 Å². The summed E-state index contributed by atoms with van der Waals surface area (Å²) in [6.07, 6.45) is 0. The number of hydrogen-bond acceptors (Lipinski definition) is 6. The molecular weight excluding hydrogens is 216 g/mol. The van der Waals surface area contributed by atoms with Gasteiger partial charge in [0.25, 0.3) is 0 Å². The van der Waals surface area contributed by atoms with Gasteiger partial charge in [-0.2, -0.15) is 0 Å². The van der Waals surface area contributed by atoms with E-state index in [0.29, 0.717) is 11.7 Å². The van der Waals surface area contributed by atoms with E-state index in [4.69, 9.17) is 5.73 Å². The van der Waals surface area contributed by atoms with Crippen LogP contribution in [0.5, 0.6) is 0 Å². The molecule has 0 amide bonds. The lowest BCUT2D eigenvalue weighted by atomic mass is 10.6. The van der Waals surface area contributed by atoms with Crippen LogP contribution < -0.4 is 5.73 Å². The third-order valence-electron chi connectivity index (χ3n) is 1.84. The molecular formula is C8H14N4O2S. The number of carbonyl (C=O) groups excluding carboxylic acids is 1. The first-order valence-electron chi connectivity index (χ1n) is 4.54. The maximum Gasteiger partial charge on any atom is 0.316 e. The van der Waals surface area contributed by atoms with Crippen LogP contribution in [0.3, 0.4) is 0 Å². The fourth-order valence-electron chi connectivity index (χ4n) is 1.08. The summed E-state index contributed by atoms with van der Waals surface area (Å²) in [6, 6.07) is 0. The summed E-state index contributed by atoms with van der Waals surface area (Å²) >= 11 is 1.30. The highest BCUT2D eigenvalue weighted by Crippen LogP contribution is 2.16. The molecule has 0 atom stereocenters. The van der Waals surface area contributed by atoms with Gasteiger partial charge in [0.05, 0.1) is 19.4 Å². The number of ether oxygens (including phenoxy) is 1. The first-order chi connectivity index (χ1) is 7.22. The molecule has 1 aromatic rings. The van der Waals surface area contributed by atoms with Crippen LogP contribution in [-0.2, 0) is 22.6 Å². The first kappa shape index (κ1) is 12.0. The van der Waals surface area contributed by atoms with Crippen LogP contribution in [0.2, 0.25) is 0 Å². The second-order valence-electron chi connectivity index (χ2n) is 2.71. The maximum atomic E-state index is 10.9. The molecule has 2 N–H and O–H groups in total. The summed E-state index contributed by atoms with van der Waals surface area (Å²) in [5.41, 5.74) is 5.50. The quantitative estimate of drug-likeness (QED) is 0.567. The maximum absolute atomic E-state index is 10.9. The summed E-state index contributed by atoms with van der Waals surface area (Å²) in [4.78, 5) is 10.9. The van der Waals surface area contributed by atoms with Gasteiger partial charge in [0.1, 0.15) is 5.82 Å². The predicted octanol–water partition coefficient (Wildman–Crippen LogP) is 0.0218. The van der Waals surface area contributed by atoms with Crippen molar-refractivity contribution in [3.8, 4) is 0 Å². The van der Waals surface area contributed by atoms with E-state index >= 15 is 0 Å². The Bertz CT molecular complexity index is 339. The van der Waals surface area contributed by atoms with E-state index < -0.39 is 0 Å². The average Bonchev–Trinajstić information content (AvgIpc) is 2.67. The van der Waals surface area contributed by atoms with Crippen molar-refractivity contribution in [3.63, 3.8) is 0 Å². The standard InChI is InChI=1S/C8H14N4O2S/c1-3-12-6(4-9)10-11-8(12)15-5-7(13)14-2/h3-5,9H2,1-2H3. The molecule has 0 aliphatic heterocycles. The van der Waals surface area contributed by atoms with Gasteiger partial charge in [0.2, 0.25) is 0 Å². The fraction of sp³-hybridized carbons (Fsp3) is 0.625. The van der Waals surface area contributed by atoms with Crippen LogP contribution in [0.25, 0.3) is 0 Å². The molecule has 1 rings (SSSR count). The van der Waals surface area contributed by atoms with Crippen molar-refractivity contribution < 1.29 is 9.53 Å². The van der Waals surface area contributed by atoms with Crippen LogP contribution in [-0.4, -0.2) is 33.6 Å². The van der Waals surface area contributed by atoms with Crippen molar-refractivity contribution in [3.05, 3.63) is 5.82 Å². The van der Waals surface area contributed by atoms with Gasteiger partial charge in [-0.1, -0.05) is 11.8 Å². The van der Waals surface area contributed by atoms with Gasteiger partial charge in [-0.25, -0.2) is 0 Å². The molecule has 84 valence electrons. The highest BCUT2D eigenvalue weighted by molar-refractivity contribution is 7.99. The molecule has 1 aromatic heterocycles. The largest absolute Gasteiger partial charge is 0.468 e. The zero-order valence-electron chi connectivity index (χ0n) is 8.77. The molecule has 0 aliphatic carbocycles. The molecule has 0 saturated carbocycles. The topological polar surface area (TPSA) is 83.0 Å². The monoisotopic (exact) mass is 230 g/mol. The summed E-state index contributed by atoms with van der Waals surface area (Å²) in [5, 5.41) is 8.57. The van der Waals surface area contributed by atoms with Crippen molar-refractivity contribution in [2.24, 2.45) is 5.73 Å². The Hall–Kier alpha value is -1.08. The summed E-state index contributed by atoms with van der Waals surface area (Å²) < 4.78 is 6.42. The molecule has 0 unspecified atom stereocenters. The molecule has 7 heteroatoms. The number of nitrogens with zero attached hydrogens (tertiary/aromatic N) is 3. The number of aromatic nitrogens is 3. The van der Waals surface area contributed by atoms with Gasteiger partial charge < -0.3 is 15.0 Å². The molecule has 0 aliphatic rings. The van der Waals surface area contributed by atoms with Gasteiger partial charge in [0.15, 0.2) is 5.16 Å². The van der Waals surface area contributed by atoms with Crippen molar-refractivity contribution in [2.45, 2.75) is 25.2 Å². The van der Waals surface area contributed by atoms with Crippen LogP contribution in [0.4, 0.5) is 0 Å². The lowest BCUT2D eigenvalue weighted by Gasteiger charge is -2.04. The Labute approximate surface area is 92.2 Å². The number of methoxy groups -OCH3 is 1. The lowest BCUT2D eigenvalue weighted by molar-refractivity contribution is -0.137. The molecule has 0 aromatic carbocycles. The Kier molecular flexibility index (Phi) is 4.57. The predicted molar refractivity (Wildman–Crippen MR) is 56.3 cm³/mol. The Balaban J connectivity index is 2.68. The summed E-state index contributed by atoms with van der Waals surface area (Å²) in [7, 11) is 1.36. The van der Waals surface area contributed by atoms with E-state index in [1.807, 2.05) is 11.5 Å². The minimum absolute atomic E-state index is 0.235. The van der Waals surface area contributed by atoms with Gasteiger partial charge in [0, 0.05) is 6.54 Å². The van der Waals surface area contributed by atoms with E-state index in [9.17, 15) is 4.79 Å². The van der Waals surface area contributed by atoms with E-state index in [0.717, 1.165) is 12.4 Å². The van der Waals surface area contributed by atoms with Crippen LogP contribution in [0.15, 0.2) is 5.16 Å². The van der Waals surface area contributed by atoms with E-state index in [1.54, 1.807) is 0 Å². The molecule has 6 nitrogen and oxygen atoms in total. The van der Waals surface area contributed by atoms with Crippen molar-refractivity contribution in [2.75, 3.05) is 12.9 Å². The van der Waals surface area contributed by atoms with Gasteiger partial charge in [-0.15, -0.1) is 10.2 Å². The molecule has 0 fully saturated rings. The molecule has 0 saturated heterocycles. The summed E-state index contributed by atoms with van der Waals surface area (Å²) in [5.74, 6) is 0.684. The smallest absolute Gasteiger partial charge is 0.316 e. The number of esters is 1. The van der Waals surface area contributed by atoms with Crippen molar-refractivity contribution in [1.29, 1.82) is 0 Å². The van der Waals surface area contributed by atoms with E-state index in [1.165, 1.54) is 18.9 Å². The molecule has 0 spiro atoms. The highest BCUT2D eigenvalue weighted by atomic mass is 32.2. The van der Waals surface area contributed by atoms with E-state index in [2.05, 4.69) is 14.9 Å². The van der Waals surface area contributed by atoms with Gasteiger partial charge in [-0.05, 0) is 6.92 Å². The number of thioether (sulfide) groups is 1. The van der Waals surface area contributed by atoms with Crippen LogP contribution in [0.1, 0.15) is 12.7 Å². The molecule has 1 heterocycles. The van der Waals surface area contributed by atoms with Crippen LogP contribution in [0, 0.1) is 0 Å². The second kappa shape index (κ2) is 5.72. The lowest BCUT2D eigenvalue weighted by Crippen LogP contribution is -2.09. The number of carbonyl (C=O) groups is 1. The van der Waals surface area contributed by atoms with Gasteiger partial charge in [-0.3, -0.25) is 4.79 Å². The zero-order chi connectivity index (χ0) is 11.3. The number of rotatable bonds is 5. The SMILES string of the molecule is CCn1c(CN)nnc1SCC(=O)OC. The Morgan fingerprint density at radius 2 is 2.33 bits per heavy atom. The third-order valence-corrected chi connectivity index (χ3v) is 2.78. The molecule has 0 bridgehead atoms. The number of hydrogen-bond donors (Lipinski definition) is 1. The van der Waals surface area contributed by atoms with Crippen molar-refractivity contribution >= 4 is 17.7 Å². The highest BCUT2D eigenvalue weighted by Gasteiger charge is 2.11. The Morgan fingerprint density at radius 1 is 1.60 bits per heavy atom. The van der Waals surface area contributed by atoms with Crippen molar-refractivity contribution in [1.82, 2.24) is 14.8 Å². The summed E-state index contributed by atoms with van der Waals surface area (Å²) in [6.45, 7) is 3.06. The first-order valence-corrected chi connectivity index (χ1v) is 5.53. The zero-order valence-corrected chi connectivity index (χ0v) is 9.58.